The molecule has 4 nitrogen and oxygen atoms in total. The van der Waals surface area contributed by atoms with Gasteiger partial charge in [0.2, 0.25) is 0 Å². The molecule has 32 heavy (non-hydrogen) atoms. The second kappa shape index (κ2) is 12.0. The van der Waals surface area contributed by atoms with E-state index < -0.39 is 0 Å². The third kappa shape index (κ3) is 6.09. The van der Waals surface area contributed by atoms with Gasteiger partial charge in [-0.05, 0) is 70.1 Å². The van der Waals surface area contributed by atoms with Gasteiger partial charge in [0.05, 0.1) is 12.2 Å². The van der Waals surface area contributed by atoms with Crippen molar-refractivity contribution in [1.29, 1.82) is 0 Å². The molecule has 5 rings (SSSR count). The van der Waals surface area contributed by atoms with Gasteiger partial charge in [-0.3, -0.25) is 9.80 Å². The summed E-state index contributed by atoms with van der Waals surface area (Å²) in [5.41, 5.74) is 0. The van der Waals surface area contributed by atoms with Gasteiger partial charge < -0.3 is 9.47 Å². The summed E-state index contributed by atoms with van der Waals surface area (Å²) in [6, 6.07) is 0. The normalized spacial score (nSPS) is 39.9. The lowest BCUT2D eigenvalue weighted by Gasteiger charge is -2.47. The first-order chi connectivity index (χ1) is 15.9. The highest BCUT2D eigenvalue weighted by Crippen LogP contribution is 2.37. The monoisotopic (exact) mass is 445 g/mol. The van der Waals surface area contributed by atoms with Crippen LogP contribution in [0, 0.1) is 11.8 Å². The molecule has 4 heteroatoms. The third-order valence-corrected chi connectivity index (χ3v) is 9.16. The van der Waals surface area contributed by atoms with Crippen LogP contribution in [-0.4, -0.2) is 60.6 Å². The van der Waals surface area contributed by atoms with Crippen LogP contribution in [0.5, 0.6) is 0 Å². The van der Waals surface area contributed by atoms with Crippen LogP contribution in [0.3, 0.4) is 0 Å². The van der Waals surface area contributed by atoms with E-state index >= 15 is 0 Å². The maximum atomic E-state index is 6.74. The van der Waals surface area contributed by atoms with Crippen molar-refractivity contribution in [2.75, 3.05) is 26.2 Å². The summed E-state index contributed by atoms with van der Waals surface area (Å²) in [5, 5.41) is 0. The third-order valence-electron chi connectivity index (χ3n) is 9.16. The molecular formula is C28H49N2O2. The number of rotatable bonds is 0. The molecule has 5 fully saturated rings. The highest BCUT2D eigenvalue weighted by molar-refractivity contribution is 5.03. The highest BCUT2D eigenvalue weighted by atomic mass is 16.5. The number of nitrogens with zero attached hydrogens (tertiary/aromatic N) is 2. The lowest BCUT2D eigenvalue weighted by Crippen LogP contribution is -2.53. The molecule has 5 atom stereocenters. The van der Waals surface area contributed by atoms with Crippen LogP contribution in [0.1, 0.15) is 116 Å². The van der Waals surface area contributed by atoms with Gasteiger partial charge >= 0.3 is 0 Å². The maximum absolute atomic E-state index is 6.74. The molecule has 4 bridgehead atoms. The first-order valence-corrected chi connectivity index (χ1v) is 14.5. The summed E-state index contributed by atoms with van der Waals surface area (Å²) in [4.78, 5) is 5.32. The van der Waals surface area contributed by atoms with Crippen molar-refractivity contribution in [1.82, 2.24) is 9.80 Å². The Morgan fingerprint density at radius 3 is 1.97 bits per heavy atom. The topological polar surface area (TPSA) is 24.9 Å². The van der Waals surface area contributed by atoms with Crippen molar-refractivity contribution in [3.8, 4) is 0 Å². The summed E-state index contributed by atoms with van der Waals surface area (Å²) < 4.78 is 13.4. The molecule has 0 amide bonds. The number of hydrogen-bond acceptors (Lipinski definition) is 4. The van der Waals surface area contributed by atoms with Gasteiger partial charge in [0.25, 0.3) is 0 Å². The van der Waals surface area contributed by atoms with Crippen molar-refractivity contribution in [2.24, 2.45) is 5.92 Å². The molecule has 0 aromatic heterocycles. The van der Waals surface area contributed by atoms with Gasteiger partial charge in [-0.25, -0.2) is 0 Å². The van der Waals surface area contributed by atoms with Crippen molar-refractivity contribution >= 4 is 0 Å². The molecule has 0 aliphatic carbocycles. The van der Waals surface area contributed by atoms with Crippen molar-refractivity contribution in [3.05, 3.63) is 5.92 Å². The smallest absolute Gasteiger partial charge is 0.117 e. The summed E-state index contributed by atoms with van der Waals surface area (Å²) >= 11 is 0. The van der Waals surface area contributed by atoms with Gasteiger partial charge in [-0.2, -0.15) is 0 Å². The zero-order valence-electron chi connectivity index (χ0n) is 20.7. The predicted molar refractivity (Wildman–Crippen MR) is 130 cm³/mol. The van der Waals surface area contributed by atoms with Crippen molar-refractivity contribution < 1.29 is 9.47 Å². The van der Waals surface area contributed by atoms with Gasteiger partial charge in [0, 0.05) is 32.1 Å². The Morgan fingerprint density at radius 1 is 0.500 bits per heavy atom. The molecule has 5 aliphatic rings. The molecule has 183 valence electrons. The molecule has 0 unspecified atom stereocenters. The average molecular weight is 446 g/mol. The van der Waals surface area contributed by atoms with Crippen LogP contribution in [0.4, 0.5) is 0 Å². The Kier molecular flexibility index (Phi) is 8.84. The molecule has 0 aromatic carbocycles. The molecule has 1 radical (unpaired) electrons. The first-order valence-electron chi connectivity index (χ1n) is 14.5. The lowest BCUT2D eigenvalue weighted by atomic mass is 9.87. The molecule has 0 N–H and O–H groups in total. The van der Waals surface area contributed by atoms with Gasteiger partial charge in [0.1, 0.15) is 12.5 Å². The Hall–Kier alpha value is -0.160. The number of ether oxygens (including phenoxy) is 2. The number of fused-ring (bicyclic) bond motifs is 2. The average Bonchev–Trinajstić information content (AvgIpc) is 2.83. The minimum absolute atomic E-state index is 0.356. The molecule has 5 heterocycles. The zero-order valence-corrected chi connectivity index (χ0v) is 20.7. The standard InChI is InChI=1S/C28H49N2O2/c1-3-7-15-25-17-21-30-20-10-14-24(28(30)31-25)12-6-2-4-8-16-26-18-22-29-19-9-13-23(11-5-1)27(29)32-26/h23,25-28H,1-22H2/t23-,25-,26-,27+,28+/m0/s1. The summed E-state index contributed by atoms with van der Waals surface area (Å²) in [6.45, 7) is 5.07. The minimum Gasteiger partial charge on any atom is -0.360 e. The van der Waals surface area contributed by atoms with Gasteiger partial charge in [0.15, 0.2) is 0 Å². The van der Waals surface area contributed by atoms with Crippen LogP contribution in [-0.2, 0) is 9.47 Å². The largest absolute Gasteiger partial charge is 0.360 e. The molecule has 0 aromatic rings. The number of piperidine rings is 2. The molecule has 5 saturated heterocycles. The van der Waals surface area contributed by atoms with Crippen molar-refractivity contribution in [3.63, 3.8) is 0 Å². The van der Waals surface area contributed by atoms with E-state index in [4.69, 9.17) is 9.47 Å². The van der Waals surface area contributed by atoms with Crippen LogP contribution in [0.2, 0.25) is 0 Å². The highest BCUT2D eigenvalue weighted by Gasteiger charge is 2.38. The second-order valence-corrected chi connectivity index (χ2v) is 11.5. The van der Waals surface area contributed by atoms with Crippen LogP contribution >= 0.6 is 0 Å². The predicted octanol–water partition coefficient (Wildman–Crippen LogP) is 6.29. The SMILES string of the molecule is C1CCC[C@H]2CCN3CCC[C@H](CCCCCC[C@H]4CCN5CCC[C](CC1)[C@H]5O4)[C@H]3O2. The molecule has 0 spiro atoms. The van der Waals surface area contributed by atoms with Gasteiger partial charge in [-0.1, -0.05) is 51.4 Å². The Morgan fingerprint density at radius 2 is 1.12 bits per heavy atom. The fourth-order valence-electron chi connectivity index (χ4n) is 7.29. The Bertz CT molecular complexity index is 510. The van der Waals surface area contributed by atoms with E-state index in [-0.39, 0.29) is 0 Å². The van der Waals surface area contributed by atoms with E-state index in [1.54, 1.807) is 5.92 Å². The molecule has 0 saturated carbocycles. The fraction of sp³-hybridized carbons (Fsp3) is 0.964. The first kappa shape index (κ1) is 23.6. The molecule has 5 aliphatic heterocycles. The quantitative estimate of drug-likeness (QED) is 0.437. The van der Waals surface area contributed by atoms with E-state index in [9.17, 15) is 0 Å². The fourth-order valence-corrected chi connectivity index (χ4v) is 7.29. The zero-order chi connectivity index (χ0) is 21.6. The van der Waals surface area contributed by atoms with Crippen LogP contribution in [0.25, 0.3) is 0 Å². The Labute approximate surface area is 197 Å². The van der Waals surface area contributed by atoms with Crippen LogP contribution in [0.15, 0.2) is 0 Å². The lowest BCUT2D eigenvalue weighted by molar-refractivity contribution is -0.182. The van der Waals surface area contributed by atoms with E-state index in [2.05, 4.69) is 9.80 Å². The Balaban J connectivity index is 1.16. The second-order valence-electron chi connectivity index (χ2n) is 11.5. The van der Waals surface area contributed by atoms with E-state index in [1.807, 2.05) is 0 Å². The van der Waals surface area contributed by atoms with E-state index in [0.29, 0.717) is 24.7 Å². The van der Waals surface area contributed by atoms with Gasteiger partial charge in [-0.15, -0.1) is 0 Å². The molecular weight excluding hydrogens is 396 g/mol. The summed E-state index contributed by atoms with van der Waals surface area (Å²) in [6.07, 6.45) is 26.0. The number of hydrogen-bond donors (Lipinski definition) is 0. The van der Waals surface area contributed by atoms with E-state index in [1.165, 1.54) is 142 Å². The summed E-state index contributed by atoms with van der Waals surface area (Å²) in [5.74, 6) is 2.50. The minimum atomic E-state index is 0.356. The van der Waals surface area contributed by atoms with Crippen LogP contribution < -0.4 is 0 Å². The summed E-state index contributed by atoms with van der Waals surface area (Å²) in [7, 11) is 0. The van der Waals surface area contributed by atoms with E-state index in [0.717, 1.165) is 5.92 Å². The van der Waals surface area contributed by atoms with Crippen molar-refractivity contribution in [2.45, 2.75) is 140 Å². The maximum Gasteiger partial charge on any atom is 0.117 e.